The van der Waals surface area contributed by atoms with Gasteiger partial charge in [-0.05, 0) is 42.0 Å². The highest BCUT2D eigenvalue weighted by Crippen LogP contribution is 2.24. The number of imidazole rings is 1. The maximum absolute atomic E-state index is 12.4. The highest BCUT2D eigenvalue weighted by atomic mass is 35.5. The minimum absolute atomic E-state index is 0.135. The van der Waals surface area contributed by atoms with Gasteiger partial charge in [0, 0.05) is 15.6 Å². The van der Waals surface area contributed by atoms with E-state index < -0.39 is 0 Å². The van der Waals surface area contributed by atoms with E-state index in [2.05, 4.69) is 9.88 Å². The molecular formula is C22H17Cl2N3O. The fraction of sp³-hybridized carbons (Fsp3) is 0.0909. The maximum Gasteiger partial charge on any atom is 0.251 e. The van der Waals surface area contributed by atoms with E-state index in [1.807, 2.05) is 54.6 Å². The van der Waals surface area contributed by atoms with Crippen molar-refractivity contribution >= 4 is 40.1 Å². The third-order valence-electron chi connectivity index (χ3n) is 4.52. The molecule has 0 spiro atoms. The smallest absolute Gasteiger partial charge is 0.251 e. The fourth-order valence-corrected chi connectivity index (χ4v) is 3.58. The quantitative estimate of drug-likeness (QED) is 0.484. The Morgan fingerprint density at radius 2 is 1.71 bits per heavy atom. The van der Waals surface area contributed by atoms with E-state index in [4.69, 9.17) is 28.2 Å². The molecule has 0 aliphatic heterocycles. The van der Waals surface area contributed by atoms with Crippen LogP contribution in [0.15, 0.2) is 72.8 Å². The summed E-state index contributed by atoms with van der Waals surface area (Å²) in [6.45, 7) is 0.848. The average molecular weight is 410 g/mol. The second kappa shape index (κ2) is 8.05. The molecule has 28 heavy (non-hydrogen) atoms. The molecule has 0 saturated carbocycles. The van der Waals surface area contributed by atoms with E-state index in [0.717, 1.165) is 22.4 Å². The van der Waals surface area contributed by atoms with Crippen LogP contribution >= 0.6 is 23.2 Å². The highest BCUT2D eigenvalue weighted by molar-refractivity contribution is 6.35. The van der Waals surface area contributed by atoms with Gasteiger partial charge in [-0.15, -0.1) is 0 Å². The summed E-state index contributed by atoms with van der Waals surface area (Å²) in [5.41, 5.74) is 3.41. The number of carbonyl (C=O) groups excluding carboxylic acids is 1. The van der Waals surface area contributed by atoms with E-state index >= 15 is 0 Å². The van der Waals surface area contributed by atoms with Gasteiger partial charge in [0.15, 0.2) is 0 Å². The van der Waals surface area contributed by atoms with Crippen LogP contribution in [-0.2, 0) is 13.1 Å². The van der Waals surface area contributed by atoms with Crippen LogP contribution in [0.25, 0.3) is 11.0 Å². The van der Waals surface area contributed by atoms with Gasteiger partial charge >= 0.3 is 0 Å². The Balaban J connectivity index is 1.64. The number of fused-ring (bicyclic) bond motifs is 1. The summed E-state index contributed by atoms with van der Waals surface area (Å²) in [6.07, 6.45) is 0. The van der Waals surface area contributed by atoms with E-state index in [1.165, 1.54) is 0 Å². The average Bonchev–Trinajstić information content (AvgIpc) is 3.06. The standard InChI is InChI=1S/C22H17Cl2N3O/c23-17-11-10-16(18(24)12-17)14-27-20-9-5-4-8-19(20)26-21(27)13-25-22(28)15-6-2-1-3-7-15/h1-12H,13-14H2,(H,25,28). The van der Waals surface area contributed by atoms with Crippen molar-refractivity contribution in [3.63, 3.8) is 0 Å². The van der Waals surface area contributed by atoms with Gasteiger partial charge in [0.05, 0.1) is 24.1 Å². The Bertz CT molecular complexity index is 1140. The molecule has 1 heterocycles. The van der Waals surface area contributed by atoms with Crippen LogP contribution < -0.4 is 5.32 Å². The van der Waals surface area contributed by atoms with Crippen molar-refractivity contribution in [3.8, 4) is 0 Å². The summed E-state index contributed by atoms with van der Waals surface area (Å²) in [6, 6.07) is 22.5. The maximum atomic E-state index is 12.4. The number of hydrogen-bond acceptors (Lipinski definition) is 2. The monoisotopic (exact) mass is 409 g/mol. The largest absolute Gasteiger partial charge is 0.345 e. The van der Waals surface area contributed by atoms with Gasteiger partial charge in [-0.25, -0.2) is 4.98 Å². The molecule has 0 fully saturated rings. The molecule has 4 nitrogen and oxygen atoms in total. The molecule has 140 valence electrons. The van der Waals surface area contributed by atoms with Crippen molar-refractivity contribution < 1.29 is 4.79 Å². The normalized spacial score (nSPS) is 10.9. The topological polar surface area (TPSA) is 46.9 Å². The lowest BCUT2D eigenvalue weighted by molar-refractivity contribution is 0.0949. The zero-order valence-corrected chi connectivity index (χ0v) is 16.4. The lowest BCUT2D eigenvalue weighted by Gasteiger charge is -2.12. The predicted molar refractivity (Wildman–Crippen MR) is 113 cm³/mol. The number of hydrogen-bond donors (Lipinski definition) is 1. The molecule has 6 heteroatoms. The summed E-state index contributed by atoms with van der Waals surface area (Å²) in [5.74, 6) is 0.625. The molecule has 4 rings (SSSR count). The van der Waals surface area contributed by atoms with E-state index in [1.54, 1.807) is 18.2 Å². The van der Waals surface area contributed by atoms with Gasteiger partial charge < -0.3 is 9.88 Å². The molecule has 0 aliphatic carbocycles. The van der Waals surface area contributed by atoms with Gasteiger partial charge in [0.2, 0.25) is 0 Å². The van der Waals surface area contributed by atoms with E-state index in [9.17, 15) is 4.79 Å². The molecule has 1 N–H and O–H groups in total. The van der Waals surface area contributed by atoms with Gasteiger partial charge in [-0.3, -0.25) is 4.79 Å². The van der Waals surface area contributed by atoms with Crippen molar-refractivity contribution in [1.82, 2.24) is 14.9 Å². The Labute approximate surface area is 172 Å². The number of nitrogens with one attached hydrogen (secondary N) is 1. The van der Waals surface area contributed by atoms with Crippen molar-refractivity contribution in [2.75, 3.05) is 0 Å². The molecule has 0 bridgehead atoms. The summed E-state index contributed by atoms with van der Waals surface area (Å²) in [7, 11) is 0. The number of nitrogens with zero attached hydrogens (tertiary/aromatic N) is 2. The van der Waals surface area contributed by atoms with Crippen LogP contribution in [0.2, 0.25) is 10.0 Å². The van der Waals surface area contributed by atoms with Gasteiger partial charge in [0.25, 0.3) is 5.91 Å². The number of halogens is 2. The zero-order valence-electron chi connectivity index (χ0n) is 14.9. The molecule has 0 unspecified atom stereocenters. The molecule has 0 atom stereocenters. The van der Waals surface area contributed by atoms with Crippen LogP contribution in [0.5, 0.6) is 0 Å². The van der Waals surface area contributed by atoms with Crippen LogP contribution in [0.4, 0.5) is 0 Å². The molecular weight excluding hydrogens is 393 g/mol. The van der Waals surface area contributed by atoms with E-state index in [0.29, 0.717) is 28.7 Å². The summed E-state index contributed by atoms with van der Waals surface area (Å²) >= 11 is 12.4. The third kappa shape index (κ3) is 3.88. The second-order valence-electron chi connectivity index (χ2n) is 6.39. The first kappa shape index (κ1) is 18.5. The SMILES string of the molecule is O=C(NCc1nc2ccccc2n1Cc1ccc(Cl)cc1Cl)c1ccccc1. The molecule has 1 aromatic heterocycles. The first-order valence-corrected chi connectivity index (χ1v) is 9.59. The Morgan fingerprint density at radius 1 is 0.964 bits per heavy atom. The van der Waals surface area contributed by atoms with Crippen molar-refractivity contribution in [2.45, 2.75) is 13.1 Å². The van der Waals surface area contributed by atoms with Crippen LogP contribution in [0.3, 0.4) is 0 Å². The Hall–Kier alpha value is -2.82. The number of rotatable bonds is 5. The molecule has 0 saturated heterocycles. The molecule has 3 aromatic carbocycles. The fourth-order valence-electron chi connectivity index (χ4n) is 3.11. The van der Waals surface area contributed by atoms with Crippen LogP contribution in [-0.4, -0.2) is 15.5 Å². The Kier molecular flexibility index (Phi) is 5.33. The second-order valence-corrected chi connectivity index (χ2v) is 7.23. The molecule has 0 radical (unpaired) electrons. The van der Waals surface area contributed by atoms with Crippen molar-refractivity contribution in [2.24, 2.45) is 0 Å². The lowest BCUT2D eigenvalue weighted by atomic mass is 10.2. The number of carbonyl (C=O) groups is 1. The molecule has 4 aromatic rings. The van der Waals surface area contributed by atoms with Crippen molar-refractivity contribution in [1.29, 1.82) is 0 Å². The lowest BCUT2D eigenvalue weighted by Crippen LogP contribution is -2.24. The van der Waals surface area contributed by atoms with Crippen LogP contribution in [0, 0.1) is 0 Å². The zero-order chi connectivity index (χ0) is 19.5. The highest BCUT2D eigenvalue weighted by Gasteiger charge is 2.14. The summed E-state index contributed by atoms with van der Waals surface area (Å²) in [5, 5.41) is 4.15. The number of amides is 1. The number of benzene rings is 3. The summed E-state index contributed by atoms with van der Waals surface area (Å²) in [4.78, 5) is 17.1. The summed E-state index contributed by atoms with van der Waals surface area (Å²) < 4.78 is 2.07. The van der Waals surface area contributed by atoms with Gasteiger partial charge in [0.1, 0.15) is 5.82 Å². The number of aromatic nitrogens is 2. The minimum Gasteiger partial charge on any atom is -0.345 e. The van der Waals surface area contributed by atoms with Gasteiger partial charge in [-0.1, -0.05) is 59.6 Å². The predicted octanol–water partition coefficient (Wildman–Crippen LogP) is 5.32. The van der Waals surface area contributed by atoms with Crippen LogP contribution in [0.1, 0.15) is 21.7 Å². The molecule has 1 amide bonds. The minimum atomic E-state index is -0.135. The Morgan fingerprint density at radius 3 is 2.50 bits per heavy atom. The van der Waals surface area contributed by atoms with E-state index in [-0.39, 0.29) is 5.91 Å². The van der Waals surface area contributed by atoms with Crippen molar-refractivity contribution in [3.05, 3.63) is 99.8 Å². The van der Waals surface area contributed by atoms with Gasteiger partial charge in [-0.2, -0.15) is 0 Å². The first-order chi connectivity index (χ1) is 13.6. The first-order valence-electron chi connectivity index (χ1n) is 8.83. The number of para-hydroxylation sites is 2. The third-order valence-corrected chi connectivity index (χ3v) is 5.11. The molecule has 0 aliphatic rings.